The maximum Gasteiger partial charge on any atom is 0.413 e. The molecule has 0 fully saturated rings. The lowest BCUT2D eigenvalue weighted by Gasteiger charge is -2.13. The standard InChI is InChI=1S/C21H24FNO4S2/c1-15(20(24)23-21(25)27-11-13-29-28-12-10-26-2)17-8-9-18(19(22)14-17)16-6-4-3-5-7-16/h3-9,14-15H,10-13H2,1-2H3,(H,23,24,25). The summed E-state index contributed by atoms with van der Waals surface area (Å²) in [5.74, 6) is -0.190. The second-order valence-electron chi connectivity index (χ2n) is 6.09. The number of carbonyl (C=O) groups is 2. The van der Waals surface area contributed by atoms with Crippen molar-refractivity contribution in [2.45, 2.75) is 12.8 Å². The van der Waals surface area contributed by atoms with E-state index in [1.165, 1.54) is 6.07 Å². The van der Waals surface area contributed by atoms with E-state index in [1.807, 2.05) is 30.3 Å². The van der Waals surface area contributed by atoms with Gasteiger partial charge in [0, 0.05) is 24.2 Å². The van der Waals surface area contributed by atoms with Crippen LogP contribution in [0.25, 0.3) is 11.1 Å². The van der Waals surface area contributed by atoms with Crippen molar-refractivity contribution in [3.63, 3.8) is 0 Å². The summed E-state index contributed by atoms with van der Waals surface area (Å²) in [7, 11) is 4.83. The normalized spacial score (nSPS) is 11.7. The van der Waals surface area contributed by atoms with Gasteiger partial charge in [-0.25, -0.2) is 9.18 Å². The molecule has 1 atom stereocenters. The van der Waals surface area contributed by atoms with Crippen LogP contribution in [0.1, 0.15) is 18.4 Å². The Labute approximate surface area is 178 Å². The zero-order chi connectivity index (χ0) is 21.1. The number of hydrogen-bond donors (Lipinski definition) is 1. The van der Waals surface area contributed by atoms with E-state index in [-0.39, 0.29) is 6.61 Å². The molecule has 1 N–H and O–H groups in total. The summed E-state index contributed by atoms with van der Waals surface area (Å²) < 4.78 is 24.4. The number of nitrogens with one attached hydrogen (secondary N) is 1. The Balaban J connectivity index is 1.82. The molecular weight excluding hydrogens is 413 g/mol. The number of halogens is 1. The number of alkyl carbamates (subject to hydrolysis) is 1. The van der Waals surface area contributed by atoms with E-state index >= 15 is 0 Å². The molecule has 156 valence electrons. The highest BCUT2D eigenvalue weighted by molar-refractivity contribution is 8.76. The van der Waals surface area contributed by atoms with Crippen molar-refractivity contribution < 1.29 is 23.5 Å². The molecule has 0 aliphatic rings. The predicted octanol–water partition coefficient (Wildman–Crippen LogP) is 4.88. The van der Waals surface area contributed by atoms with E-state index in [2.05, 4.69) is 5.32 Å². The zero-order valence-electron chi connectivity index (χ0n) is 16.4. The maximum absolute atomic E-state index is 14.5. The highest BCUT2D eigenvalue weighted by atomic mass is 33.1. The van der Waals surface area contributed by atoms with Crippen LogP contribution in [0.3, 0.4) is 0 Å². The Morgan fingerprint density at radius 2 is 1.76 bits per heavy atom. The van der Waals surface area contributed by atoms with Crippen LogP contribution in [0, 0.1) is 5.82 Å². The minimum Gasteiger partial charge on any atom is -0.448 e. The van der Waals surface area contributed by atoms with E-state index in [0.717, 1.165) is 11.3 Å². The molecule has 0 bridgehead atoms. The smallest absolute Gasteiger partial charge is 0.413 e. The first kappa shape index (κ1) is 23.3. The average molecular weight is 438 g/mol. The Bertz CT molecular complexity index is 805. The van der Waals surface area contributed by atoms with Gasteiger partial charge in [-0.15, -0.1) is 0 Å². The van der Waals surface area contributed by atoms with Gasteiger partial charge in [-0.05, 0) is 24.1 Å². The molecule has 0 aliphatic carbocycles. The highest BCUT2D eigenvalue weighted by Crippen LogP contribution is 2.26. The number of amides is 2. The largest absolute Gasteiger partial charge is 0.448 e. The fourth-order valence-corrected chi connectivity index (χ4v) is 4.19. The van der Waals surface area contributed by atoms with Crippen molar-refractivity contribution in [2.75, 3.05) is 31.8 Å². The van der Waals surface area contributed by atoms with Crippen LogP contribution in [-0.4, -0.2) is 43.8 Å². The summed E-state index contributed by atoms with van der Waals surface area (Å²) in [6.45, 7) is 2.47. The van der Waals surface area contributed by atoms with Gasteiger partial charge in [-0.1, -0.05) is 64.1 Å². The van der Waals surface area contributed by atoms with E-state index in [1.54, 1.807) is 47.8 Å². The first-order chi connectivity index (χ1) is 14.0. The minimum absolute atomic E-state index is 0.193. The summed E-state index contributed by atoms with van der Waals surface area (Å²) in [6, 6.07) is 13.8. The van der Waals surface area contributed by atoms with E-state index in [9.17, 15) is 14.0 Å². The van der Waals surface area contributed by atoms with Gasteiger partial charge in [0.2, 0.25) is 5.91 Å². The average Bonchev–Trinajstić information content (AvgIpc) is 2.73. The van der Waals surface area contributed by atoms with Crippen LogP contribution in [0.15, 0.2) is 48.5 Å². The van der Waals surface area contributed by atoms with Crippen LogP contribution in [0.4, 0.5) is 9.18 Å². The van der Waals surface area contributed by atoms with E-state index in [0.29, 0.717) is 23.5 Å². The summed E-state index contributed by atoms with van der Waals surface area (Å²) in [6.07, 6.45) is -0.800. The van der Waals surface area contributed by atoms with Gasteiger partial charge < -0.3 is 9.47 Å². The van der Waals surface area contributed by atoms with Crippen molar-refractivity contribution >= 4 is 33.6 Å². The first-order valence-corrected chi connectivity index (χ1v) is 11.6. The molecule has 0 saturated carbocycles. The molecule has 0 aromatic heterocycles. The van der Waals surface area contributed by atoms with Gasteiger partial charge in [0.1, 0.15) is 12.4 Å². The molecule has 2 rings (SSSR count). The van der Waals surface area contributed by atoms with E-state index in [4.69, 9.17) is 9.47 Å². The summed E-state index contributed by atoms with van der Waals surface area (Å²) in [4.78, 5) is 24.0. The number of ether oxygens (including phenoxy) is 2. The molecule has 2 amide bonds. The molecule has 5 nitrogen and oxygen atoms in total. The van der Waals surface area contributed by atoms with Gasteiger partial charge in [-0.2, -0.15) is 0 Å². The molecule has 8 heteroatoms. The second-order valence-corrected chi connectivity index (χ2v) is 8.79. The molecule has 1 unspecified atom stereocenters. The van der Waals surface area contributed by atoms with Crippen molar-refractivity contribution in [1.29, 1.82) is 0 Å². The van der Waals surface area contributed by atoms with Crippen molar-refractivity contribution in [1.82, 2.24) is 5.32 Å². The third-order valence-electron chi connectivity index (χ3n) is 4.05. The van der Waals surface area contributed by atoms with Crippen LogP contribution in [0.2, 0.25) is 0 Å². The number of methoxy groups -OCH3 is 1. The van der Waals surface area contributed by atoms with Gasteiger partial charge in [-0.3, -0.25) is 10.1 Å². The molecule has 0 radical (unpaired) electrons. The molecule has 0 heterocycles. The highest BCUT2D eigenvalue weighted by Gasteiger charge is 2.20. The molecule has 2 aromatic carbocycles. The molecule has 0 spiro atoms. The lowest BCUT2D eigenvalue weighted by atomic mass is 9.96. The molecule has 0 aliphatic heterocycles. The van der Waals surface area contributed by atoms with Gasteiger partial charge >= 0.3 is 6.09 Å². The zero-order valence-corrected chi connectivity index (χ0v) is 18.0. The summed E-state index contributed by atoms with van der Waals surface area (Å²) >= 11 is 0. The SMILES string of the molecule is COCCSSCCOC(=O)NC(=O)C(C)c1ccc(-c2ccccc2)c(F)c1. The van der Waals surface area contributed by atoms with Crippen LogP contribution in [-0.2, 0) is 14.3 Å². The van der Waals surface area contributed by atoms with Gasteiger partial charge in [0.15, 0.2) is 0 Å². The van der Waals surface area contributed by atoms with E-state index < -0.39 is 23.7 Å². The number of imide groups is 1. The summed E-state index contributed by atoms with van der Waals surface area (Å²) in [5, 5.41) is 2.20. The number of carbonyl (C=O) groups excluding carboxylic acids is 2. The van der Waals surface area contributed by atoms with Crippen LogP contribution < -0.4 is 5.32 Å². The monoisotopic (exact) mass is 437 g/mol. The number of benzene rings is 2. The Hall–Kier alpha value is -2.03. The fraction of sp³-hybridized carbons (Fsp3) is 0.333. The second kappa shape index (κ2) is 12.5. The molecule has 2 aromatic rings. The van der Waals surface area contributed by atoms with Crippen molar-refractivity contribution in [2.24, 2.45) is 0 Å². The van der Waals surface area contributed by atoms with Crippen LogP contribution >= 0.6 is 21.6 Å². The lowest BCUT2D eigenvalue weighted by molar-refractivity contribution is -0.121. The Morgan fingerprint density at radius 1 is 1.07 bits per heavy atom. The first-order valence-electron chi connectivity index (χ1n) is 9.08. The fourth-order valence-electron chi connectivity index (χ4n) is 2.45. The van der Waals surface area contributed by atoms with Crippen molar-refractivity contribution in [3.05, 3.63) is 59.9 Å². The van der Waals surface area contributed by atoms with Crippen LogP contribution in [0.5, 0.6) is 0 Å². The molecular formula is C21H24FNO4S2. The number of hydrogen-bond acceptors (Lipinski definition) is 6. The molecule has 29 heavy (non-hydrogen) atoms. The Morgan fingerprint density at radius 3 is 2.41 bits per heavy atom. The molecule has 0 saturated heterocycles. The van der Waals surface area contributed by atoms with Gasteiger partial charge in [0.25, 0.3) is 0 Å². The summed E-state index contributed by atoms with van der Waals surface area (Å²) in [5.41, 5.74) is 1.70. The predicted molar refractivity (Wildman–Crippen MR) is 117 cm³/mol. The minimum atomic E-state index is -0.800. The quantitative estimate of drug-likeness (QED) is 0.422. The third-order valence-corrected chi connectivity index (χ3v) is 6.38. The van der Waals surface area contributed by atoms with Gasteiger partial charge in [0.05, 0.1) is 12.5 Å². The topological polar surface area (TPSA) is 64.6 Å². The third kappa shape index (κ3) is 7.72. The Kier molecular flexibility index (Phi) is 10.0. The number of rotatable bonds is 10. The maximum atomic E-state index is 14.5. The van der Waals surface area contributed by atoms with Crippen molar-refractivity contribution in [3.8, 4) is 11.1 Å². The lowest BCUT2D eigenvalue weighted by Crippen LogP contribution is -2.34.